The van der Waals surface area contributed by atoms with E-state index in [0.717, 1.165) is 5.56 Å². The summed E-state index contributed by atoms with van der Waals surface area (Å²) < 4.78 is 19.0. The zero-order valence-corrected chi connectivity index (χ0v) is 9.66. The fraction of sp³-hybridized carbons (Fsp3) is 0.538. The van der Waals surface area contributed by atoms with Crippen molar-refractivity contribution in [2.24, 2.45) is 0 Å². The van der Waals surface area contributed by atoms with Crippen molar-refractivity contribution in [3.8, 4) is 0 Å². The number of ether oxygens (including phenoxy) is 1. The van der Waals surface area contributed by atoms with E-state index in [1.165, 1.54) is 6.07 Å². The average Bonchev–Trinajstić information content (AvgIpc) is 2.19. The number of aliphatic hydroxyl groups is 1. The Balaban J connectivity index is 2.16. The van der Waals surface area contributed by atoms with Gasteiger partial charge >= 0.3 is 0 Å². The Bertz CT molecular complexity index is 384. The van der Waals surface area contributed by atoms with E-state index < -0.39 is 5.60 Å². The summed E-state index contributed by atoms with van der Waals surface area (Å²) in [5, 5.41) is 10.3. The Kier molecular flexibility index (Phi) is 3.00. The Morgan fingerprint density at radius 3 is 2.81 bits per heavy atom. The van der Waals surface area contributed by atoms with Crippen molar-refractivity contribution in [2.75, 3.05) is 6.61 Å². The van der Waals surface area contributed by atoms with Gasteiger partial charge in [0.25, 0.3) is 0 Å². The maximum atomic E-state index is 13.6. The van der Waals surface area contributed by atoms with Crippen LogP contribution in [0.15, 0.2) is 18.2 Å². The van der Waals surface area contributed by atoms with Crippen LogP contribution < -0.4 is 0 Å². The minimum atomic E-state index is -1.03. The first-order valence-electron chi connectivity index (χ1n) is 5.66. The van der Waals surface area contributed by atoms with Crippen molar-refractivity contribution in [3.63, 3.8) is 0 Å². The minimum Gasteiger partial charge on any atom is -0.385 e. The maximum absolute atomic E-state index is 13.6. The Morgan fingerprint density at radius 2 is 2.19 bits per heavy atom. The lowest BCUT2D eigenvalue weighted by Crippen LogP contribution is -2.46. The maximum Gasteiger partial charge on any atom is 0.129 e. The van der Waals surface area contributed by atoms with Crippen molar-refractivity contribution in [2.45, 2.75) is 38.4 Å². The van der Waals surface area contributed by atoms with Gasteiger partial charge in [-0.05, 0) is 19.9 Å². The zero-order valence-electron chi connectivity index (χ0n) is 9.66. The lowest BCUT2D eigenvalue weighted by molar-refractivity contribution is -0.144. The van der Waals surface area contributed by atoms with E-state index in [4.69, 9.17) is 4.74 Å². The van der Waals surface area contributed by atoms with Gasteiger partial charge in [-0.1, -0.05) is 17.7 Å². The molecule has 1 aliphatic carbocycles. The molecule has 16 heavy (non-hydrogen) atoms. The summed E-state index contributed by atoms with van der Waals surface area (Å²) in [6, 6.07) is 4.84. The predicted molar refractivity (Wildman–Crippen MR) is 59.7 cm³/mol. The largest absolute Gasteiger partial charge is 0.385 e. The third-order valence-electron chi connectivity index (χ3n) is 3.16. The lowest BCUT2D eigenvalue weighted by Gasteiger charge is -2.43. The van der Waals surface area contributed by atoms with Crippen molar-refractivity contribution in [3.05, 3.63) is 35.1 Å². The molecule has 0 aromatic heterocycles. The van der Waals surface area contributed by atoms with Gasteiger partial charge in [0.05, 0.1) is 11.7 Å². The van der Waals surface area contributed by atoms with Crippen LogP contribution in [0.3, 0.4) is 0 Å². The molecular formula is C13H17FO2. The van der Waals surface area contributed by atoms with E-state index in [1.54, 1.807) is 12.1 Å². The molecule has 0 unspecified atom stereocenters. The molecule has 0 atom stereocenters. The summed E-state index contributed by atoms with van der Waals surface area (Å²) in [5.41, 5.74) is 0.337. The van der Waals surface area contributed by atoms with Crippen LogP contribution in [0.2, 0.25) is 0 Å². The molecule has 1 aromatic carbocycles. The van der Waals surface area contributed by atoms with E-state index in [9.17, 15) is 9.50 Å². The predicted octanol–water partition coefficient (Wildman–Crippen LogP) is 2.52. The molecule has 2 rings (SSSR count). The van der Waals surface area contributed by atoms with E-state index in [2.05, 4.69) is 0 Å². The van der Waals surface area contributed by atoms with Gasteiger partial charge in [0.2, 0.25) is 0 Å². The van der Waals surface area contributed by atoms with Crippen LogP contribution in [-0.2, 0) is 10.3 Å². The molecule has 0 bridgehead atoms. The average molecular weight is 224 g/mol. The molecule has 3 heteroatoms. The van der Waals surface area contributed by atoms with Gasteiger partial charge in [0, 0.05) is 25.0 Å². The number of halogens is 1. The van der Waals surface area contributed by atoms with Gasteiger partial charge in [-0.25, -0.2) is 4.39 Å². The molecule has 1 saturated carbocycles. The molecule has 1 fully saturated rings. The second-order valence-corrected chi connectivity index (χ2v) is 4.50. The van der Waals surface area contributed by atoms with Crippen LogP contribution in [0.25, 0.3) is 0 Å². The van der Waals surface area contributed by atoms with Crippen molar-refractivity contribution in [1.82, 2.24) is 0 Å². The monoisotopic (exact) mass is 224 g/mol. The van der Waals surface area contributed by atoms with Gasteiger partial charge in [-0.15, -0.1) is 0 Å². The third kappa shape index (κ3) is 1.97. The SMILES string of the molecule is CCOC1CC(O)(c2cc(C)ccc2F)C1. The van der Waals surface area contributed by atoms with Crippen molar-refractivity contribution < 1.29 is 14.2 Å². The summed E-state index contributed by atoms with van der Waals surface area (Å²) >= 11 is 0. The van der Waals surface area contributed by atoms with Crippen LogP contribution >= 0.6 is 0 Å². The highest BCUT2D eigenvalue weighted by molar-refractivity contribution is 5.31. The summed E-state index contributed by atoms with van der Waals surface area (Å²) in [5.74, 6) is -0.331. The molecule has 1 N–H and O–H groups in total. The molecule has 0 aliphatic heterocycles. The summed E-state index contributed by atoms with van der Waals surface area (Å²) in [4.78, 5) is 0. The topological polar surface area (TPSA) is 29.5 Å². The normalized spacial score (nSPS) is 28.9. The molecule has 0 radical (unpaired) electrons. The van der Waals surface area contributed by atoms with E-state index in [-0.39, 0.29) is 11.9 Å². The van der Waals surface area contributed by atoms with Crippen LogP contribution in [-0.4, -0.2) is 17.8 Å². The minimum absolute atomic E-state index is 0.0647. The quantitative estimate of drug-likeness (QED) is 0.854. The molecule has 2 nitrogen and oxygen atoms in total. The number of hydrogen-bond acceptors (Lipinski definition) is 2. The van der Waals surface area contributed by atoms with Gasteiger partial charge in [-0.3, -0.25) is 0 Å². The first-order chi connectivity index (χ1) is 7.55. The number of rotatable bonds is 3. The van der Waals surface area contributed by atoms with Gasteiger partial charge in [-0.2, -0.15) is 0 Å². The molecule has 88 valence electrons. The Morgan fingerprint density at radius 1 is 1.50 bits per heavy atom. The van der Waals surface area contributed by atoms with Gasteiger partial charge in [0.1, 0.15) is 5.82 Å². The van der Waals surface area contributed by atoms with Gasteiger partial charge in [0.15, 0.2) is 0 Å². The Hall–Kier alpha value is -0.930. The number of benzene rings is 1. The van der Waals surface area contributed by atoms with E-state index >= 15 is 0 Å². The zero-order chi connectivity index (χ0) is 11.8. The molecule has 0 spiro atoms. The molecule has 1 aliphatic rings. The highest BCUT2D eigenvalue weighted by Crippen LogP contribution is 2.44. The molecular weight excluding hydrogens is 207 g/mol. The van der Waals surface area contributed by atoms with Crippen molar-refractivity contribution in [1.29, 1.82) is 0 Å². The third-order valence-corrected chi connectivity index (χ3v) is 3.16. The first-order valence-corrected chi connectivity index (χ1v) is 5.66. The highest BCUT2D eigenvalue weighted by Gasteiger charge is 2.46. The summed E-state index contributed by atoms with van der Waals surface area (Å²) in [7, 11) is 0. The second-order valence-electron chi connectivity index (χ2n) is 4.50. The van der Waals surface area contributed by atoms with E-state index in [1.807, 2.05) is 13.8 Å². The molecule has 0 heterocycles. The standard InChI is InChI=1S/C13H17FO2/c1-3-16-10-7-13(15,8-10)11-6-9(2)4-5-12(11)14/h4-6,10,15H,3,7-8H2,1-2H3. The highest BCUT2D eigenvalue weighted by atomic mass is 19.1. The number of hydrogen-bond donors (Lipinski definition) is 1. The van der Waals surface area contributed by atoms with E-state index in [0.29, 0.717) is 25.0 Å². The van der Waals surface area contributed by atoms with Crippen LogP contribution in [0, 0.1) is 12.7 Å². The summed E-state index contributed by atoms with van der Waals surface area (Å²) in [6.45, 7) is 4.45. The molecule has 0 saturated heterocycles. The molecule has 1 aromatic rings. The van der Waals surface area contributed by atoms with Crippen LogP contribution in [0.5, 0.6) is 0 Å². The smallest absolute Gasteiger partial charge is 0.129 e. The lowest BCUT2D eigenvalue weighted by atomic mass is 9.72. The van der Waals surface area contributed by atoms with Crippen LogP contribution in [0.1, 0.15) is 30.9 Å². The summed E-state index contributed by atoms with van der Waals surface area (Å²) in [6.07, 6.45) is 1.04. The fourth-order valence-electron chi connectivity index (χ4n) is 2.26. The van der Waals surface area contributed by atoms with Crippen LogP contribution in [0.4, 0.5) is 4.39 Å². The first kappa shape index (κ1) is 11.6. The van der Waals surface area contributed by atoms with Gasteiger partial charge < -0.3 is 9.84 Å². The number of aryl methyl sites for hydroxylation is 1. The van der Waals surface area contributed by atoms with Crippen molar-refractivity contribution >= 4 is 0 Å². The second kappa shape index (κ2) is 4.15. The Labute approximate surface area is 95.1 Å². The molecule has 0 amide bonds. The fourth-order valence-corrected chi connectivity index (χ4v) is 2.26.